The Morgan fingerprint density at radius 2 is 1.70 bits per heavy atom. The molecule has 1 unspecified atom stereocenters. The third-order valence-electron chi connectivity index (χ3n) is 7.84. The summed E-state index contributed by atoms with van der Waals surface area (Å²) in [6, 6.07) is 16.5. The first-order valence-electron chi connectivity index (χ1n) is 15.3. The lowest BCUT2D eigenvalue weighted by molar-refractivity contribution is -0.139. The van der Waals surface area contributed by atoms with Crippen molar-refractivity contribution in [2.75, 3.05) is 14.1 Å². The molecule has 4 rings (SSSR count). The Balaban J connectivity index is 1.42. The molecule has 1 aromatic heterocycles. The lowest BCUT2D eigenvalue weighted by Crippen LogP contribution is -2.53. The highest BCUT2D eigenvalue weighted by Gasteiger charge is 2.43. The van der Waals surface area contributed by atoms with Crippen molar-refractivity contribution in [1.29, 1.82) is 0 Å². The standard InChI is InChI=1S/C34H41N5O6S/c1-22-17-28(33(43)39(22)29(23(2)40)18-25-13-9-6-10-14-25)37-32(42)27(16-15-24-11-7-5-8-12-24)36-30(41)19-26-21-46-31(35-26)20-45-34(44)38(3)4/h5-14,21-22,27-29H,15-20H2,1-4H3,(H,36,41)(H,37,42)/t22?,27-,28-,29-/m0/s1. The molecule has 1 saturated heterocycles. The smallest absolute Gasteiger partial charge is 0.409 e. The van der Waals surface area contributed by atoms with Gasteiger partial charge in [-0.3, -0.25) is 19.2 Å². The number of Topliss-reactive ketones (excluding diaryl/α,β-unsaturated/α-hetero) is 1. The van der Waals surface area contributed by atoms with Gasteiger partial charge < -0.3 is 25.2 Å². The van der Waals surface area contributed by atoms with Gasteiger partial charge in [0.15, 0.2) is 5.78 Å². The summed E-state index contributed by atoms with van der Waals surface area (Å²) in [5, 5.41) is 7.97. The molecule has 46 heavy (non-hydrogen) atoms. The first kappa shape index (κ1) is 34.3. The molecule has 0 bridgehead atoms. The second-order valence-electron chi connectivity index (χ2n) is 11.7. The fourth-order valence-electron chi connectivity index (χ4n) is 5.47. The summed E-state index contributed by atoms with van der Waals surface area (Å²) >= 11 is 1.27. The Labute approximate surface area is 273 Å². The van der Waals surface area contributed by atoms with Crippen molar-refractivity contribution in [2.24, 2.45) is 0 Å². The van der Waals surface area contributed by atoms with Gasteiger partial charge >= 0.3 is 6.09 Å². The highest BCUT2D eigenvalue weighted by atomic mass is 32.1. The quantitative estimate of drug-likeness (QED) is 0.274. The highest BCUT2D eigenvalue weighted by molar-refractivity contribution is 7.09. The largest absolute Gasteiger partial charge is 0.442 e. The summed E-state index contributed by atoms with van der Waals surface area (Å²) in [6.07, 6.45) is 1.02. The molecule has 1 aliphatic rings. The number of hydrogen-bond donors (Lipinski definition) is 2. The van der Waals surface area contributed by atoms with Crippen LogP contribution in [0.3, 0.4) is 0 Å². The molecule has 0 saturated carbocycles. The Hall–Kier alpha value is -4.58. The molecule has 2 heterocycles. The van der Waals surface area contributed by atoms with Crippen LogP contribution in [0.4, 0.5) is 4.79 Å². The number of carbonyl (C=O) groups excluding carboxylic acids is 5. The number of rotatable bonds is 14. The minimum Gasteiger partial charge on any atom is -0.442 e. The van der Waals surface area contributed by atoms with E-state index in [1.54, 1.807) is 24.4 Å². The molecule has 12 heteroatoms. The fraction of sp³-hybridized carbons (Fsp3) is 0.412. The molecule has 1 fully saturated rings. The number of ether oxygens (including phenoxy) is 1. The lowest BCUT2D eigenvalue weighted by Gasteiger charge is -2.30. The summed E-state index contributed by atoms with van der Waals surface area (Å²) in [5.74, 6) is -1.29. The number of ketones is 1. The van der Waals surface area contributed by atoms with Gasteiger partial charge in [-0.25, -0.2) is 9.78 Å². The lowest BCUT2D eigenvalue weighted by atomic mass is 10.0. The van der Waals surface area contributed by atoms with Gasteiger partial charge in [0, 0.05) is 25.5 Å². The van der Waals surface area contributed by atoms with Crippen LogP contribution in [0.2, 0.25) is 0 Å². The SMILES string of the molecule is CC(=O)[C@H](Cc1ccccc1)N1C(=O)[C@@H](NC(=O)[C@H](CCc2ccccc2)NC(=O)Cc2csc(COC(=O)N(C)C)n2)CC1C. The van der Waals surface area contributed by atoms with Gasteiger partial charge in [0.25, 0.3) is 0 Å². The molecular formula is C34H41N5O6S. The zero-order chi connectivity index (χ0) is 33.2. The monoisotopic (exact) mass is 647 g/mol. The van der Waals surface area contributed by atoms with E-state index in [2.05, 4.69) is 15.6 Å². The van der Waals surface area contributed by atoms with Crippen LogP contribution < -0.4 is 10.6 Å². The Kier molecular flexibility index (Phi) is 12.0. The number of benzene rings is 2. The number of thiazole rings is 1. The van der Waals surface area contributed by atoms with Crippen LogP contribution in [0.25, 0.3) is 0 Å². The molecule has 1 aliphatic heterocycles. The van der Waals surface area contributed by atoms with Crippen LogP contribution in [0.5, 0.6) is 0 Å². The van der Waals surface area contributed by atoms with E-state index in [4.69, 9.17) is 4.74 Å². The van der Waals surface area contributed by atoms with Crippen LogP contribution in [0.1, 0.15) is 48.5 Å². The van der Waals surface area contributed by atoms with Crippen LogP contribution in [-0.4, -0.2) is 82.6 Å². The van der Waals surface area contributed by atoms with E-state index in [9.17, 15) is 24.0 Å². The van der Waals surface area contributed by atoms with Gasteiger partial charge in [-0.15, -0.1) is 11.3 Å². The molecule has 2 N–H and O–H groups in total. The first-order chi connectivity index (χ1) is 22.0. The maximum absolute atomic E-state index is 13.6. The van der Waals surface area contributed by atoms with E-state index in [1.807, 2.05) is 67.6 Å². The minimum absolute atomic E-state index is 0.00784. The molecule has 0 spiro atoms. The predicted octanol–water partition coefficient (Wildman–Crippen LogP) is 3.31. The number of aryl methyl sites for hydroxylation is 1. The number of aromatic nitrogens is 1. The van der Waals surface area contributed by atoms with Gasteiger partial charge in [0.2, 0.25) is 17.7 Å². The van der Waals surface area contributed by atoms with Crippen LogP contribution in [-0.2, 0) is 49.8 Å². The first-order valence-corrected chi connectivity index (χ1v) is 16.2. The van der Waals surface area contributed by atoms with Crippen molar-refractivity contribution in [3.63, 3.8) is 0 Å². The molecule has 2 aromatic carbocycles. The summed E-state index contributed by atoms with van der Waals surface area (Å²) in [4.78, 5) is 72.1. The molecular weight excluding hydrogens is 606 g/mol. The number of nitrogens with one attached hydrogen (secondary N) is 2. The van der Waals surface area contributed by atoms with Crippen molar-refractivity contribution in [3.05, 3.63) is 87.9 Å². The molecule has 4 atom stereocenters. The van der Waals surface area contributed by atoms with E-state index in [0.29, 0.717) is 36.4 Å². The van der Waals surface area contributed by atoms with Crippen molar-refractivity contribution in [3.8, 4) is 0 Å². The number of likely N-dealkylation sites (tertiary alicyclic amines) is 1. The Morgan fingerprint density at radius 3 is 2.33 bits per heavy atom. The molecule has 0 radical (unpaired) electrons. The number of hydrogen-bond acceptors (Lipinski definition) is 8. The van der Waals surface area contributed by atoms with E-state index < -0.39 is 36.0 Å². The van der Waals surface area contributed by atoms with Crippen molar-refractivity contribution >= 4 is 40.9 Å². The molecule has 4 amide bonds. The van der Waals surface area contributed by atoms with Crippen LogP contribution in [0.15, 0.2) is 66.0 Å². The fourth-order valence-corrected chi connectivity index (χ4v) is 6.17. The zero-order valence-electron chi connectivity index (χ0n) is 26.6. The maximum Gasteiger partial charge on any atom is 0.409 e. The predicted molar refractivity (Wildman–Crippen MR) is 174 cm³/mol. The van der Waals surface area contributed by atoms with Gasteiger partial charge in [-0.1, -0.05) is 60.7 Å². The van der Waals surface area contributed by atoms with Crippen LogP contribution in [0, 0.1) is 0 Å². The number of amides is 4. The van der Waals surface area contributed by atoms with E-state index in [0.717, 1.165) is 11.1 Å². The third kappa shape index (κ3) is 9.46. The molecule has 0 aliphatic carbocycles. The van der Waals surface area contributed by atoms with E-state index >= 15 is 0 Å². The molecule has 3 aromatic rings. The second kappa shape index (κ2) is 16.1. The van der Waals surface area contributed by atoms with Crippen LogP contribution >= 0.6 is 11.3 Å². The molecule has 244 valence electrons. The summed E-state index contributed by atoms with van der Waals surface area (Å²) < 4.78 is 5.15. The van der Waals surface area contributed by atoms with Gasteiger partial charge in [-0.05, 0) is 50.7 Å². The average molecular weight is 648 g/mol. The van der Waals surface area contributed by atoms with Crippen molar-refractivity contribution in [1.82, 2.24) is 25.4 Å². The van der Waals surface area contributed by atoms with Gasteiger partial charge in [-0.2, -0.15) is 0 Å². The zero-order valence-corrected chi connectivity index (χ0v) is 27.4. The number of carbonyl (C=O) groups is 5. The van der Waals surface area contributed by atoms with E-state index in [-0.39, 0.29) is 30.8 Å². The maximum atomic E-state index is 13.6. The van der Waals surface area contributed by atoms with E-state index in [1.165, 1.54) is 23.2 Å². The van der Waals surface area contributed by atoms with Gasteiger partial charge in [0.1, 0.15) is 23.7 Å². The van der Waals surface area contributed by atoms with Crippen molar-refractivity contribution in [2.45, 2.75) is 76.7 Å². The van der Waals surface area contributed by atoms with Gasteiger partial charge in [0.05, 0.1) is 18.2 Å². The summed E-state index contributed by atoms with van der Waals surface area (Å²) in [6.45, 7) is 3.35. The minimum atomic E-state index is -0.906. The summed E-state index contributed by atoms with van der Waals surface area (Å²) in [5.41, 5.74) is 2.44. The van der Waals surface area contributed by atoms with Crippen molar-refractivity contribution < 1.29 is 28.7 Å². The average Bonchev–Trinajstić information content (AvgIpc) is 3.59. The normalized spacial score (nSPS) is 17.2. The Bertz CT molecular complexity index is 1510. The number of nitrogens with zero attached hydrogens (tertiary/aromatic N) is 3. The second-order valence-corrected chi connectivity index (χ2v) is 12.7. The summed E-state index contributed by atoms with van der Waals surface area (Å²) in [7, 11) is 3.16. The molecule has 11 nitrogen and oxygen atoms in total. The Morgan fingerprint density at radius 1 is 1.04 bits per heavy atom. The topological polar surface area (TPSA) is 138 Å². The highest BCUT2D eigenvalue weighted by Crippen LogP contribution is 2.25. The third-order valence-corrected chi connectivity index (χ3v) is 8.71.